The van der Waals surface area contributed by atoms with Gasteiger partial charge in [0.25, 0.3) is 0 Å². The Kier molecular flexibility index (Phi) is 3.79. The van der Waals surface area contributed by atoms with Crippen molar-refractivity contribution in [3.63, 3.8) is 0 Å². The maximum absolute atomic E-state index is 5.77. The quantitative estimate of drug-likeness (QED) is 0.661. The first-order chi connectivity index (χ1) is 8.43. The molecular weight excluding hydrogens is 283 g/mol. The van der Waals surface area contributed by atoms with E-state index < -0.39 is 6.34 Å². The van der Waals surface area contributed by atoms with Crippen molar-refractivity contribution in [1.82, 2.24) is 10.2 Å². The van der Waals surface area contributed by atoms with Crippen molar-refractivity contribution in [1.29, 1.82) is 0 Å². The van der Waals surface area contributed by atoms with Crippen LogP contribution in [-0.2, 0) is 11.8 Å². The van der Waals surface area contributed by atoms with Gasteiger partial charge in [0.05, 0.1) is 12.6 Å². The van der Waals surface area contributed by atoms with E-state index in [2.05, 4.69) is 24.0 Å². The summed E-state index contributed by atoms with van der Waals surface area (Å²) in [5, 5.41) is 7.94. The number of rotatable bonds is 3. The van der Waals surface area contributed by atoms with Crippen molar-refractivity contribution in [2.24, 2.45) is 0 Å². The van der Waals surface area contributed by atoms with Crippen molar-refractivity contribution >= 4 is 40.7 Å². The predicted molar refractivity (Wildman–Crippen MR) is 84.5 cm³/mol. The molecule has 0 aliphatic carbocycles. The molecule has 1 aliphatic heterocycles. The summed E-state index contributed by atoms with van der Waals surface area (Å²) in [5.74, 6) is 0.834. The monoisotopic (exact) mass is 300 g/mol. The van der Waals surface area contributed by atoms with Crippen LogP contribution in [0.2, 0.25) is 0 Å². The van der Waals surface area contributed by atoms with E-state index in [-0.39, 0.29) is 5.54 Å². The Balaban J connectivity index is 2.33. The molecule has 1 aromatic rings. The lowest BCUT2D eigenvalue weighted by Gasteiger charge is -2.23. The van der Waals surface area contributed by atoms with Gasteiger partial charge in [0.15, 0.2) is 0 Å². The summed E-state index contributed by atoms with van der Waals surface area (Å²) in [4.78, 5) is 0.823. The van der Waals surface area contributed by atoms with Crippen LogP contribution in [0, 0.1) is 0 Å². The van der Waals surface area contributed by atoms with Crippen LogP contribution in [0.3, 0.4) is 0 Å². The summed E-state index contributed by atoms with van der Waals surface area (Å²) >= 11 is 11.2. The minimum absolute atomic E-state index is 0.190. The van der Waals surface area contributed by atoms with Gasteiger partial charge < -0.3 is 9.82 Å². The third kappa shape index (κ3) is 2.32. The summed E-state index contributed by atoms with van der Waals surface area (Å²) in [7, 11) is 1.66. The van der Waals surface area contributed by atoms with Gasteiger partial charge in [-0.05, 0) is 37.6 Å². The fourth-order valence-corrected chi connectivity index (χ4v) is 6.33. The smallest absolute Gasteiger partial charge is 0.126 e. The van der Waals surface area contributed by atoms with Crippen LogP contribution in [0.1, 0.15) is 20.3 Å². The molecule has 3 nitrogen and oxygen atoms in total. The zero-order chi connectivity index (χ0) is 13.4. The first-order valence-corrected chi connectivity index (χ1v) is 9.01. The molecule has 1 fully saturated rings. The van der Waals surface area contributed by atoms with E-state index in [1.54, 1.807) is 7.11 Å². The standard InChI is InChI=1S/C12H17N2OPS2/c1-4-12(2)11(17)13-16(18,14-12)10-7-5-9(15-3)6-8-10/h5-8H,4H2,1-3H3,(H2,13,14,17,18). The van der Waals surface area contributed by atoms with Gasteiger partial charge in [0, 0.05) is 5.30 Å². The van der Waals surface area contributed by atoms with Crippen molar-refractivity contribution in [2.45, 2.75) is 25.8 Å². The van der Waals surface area contributed by atoms with Crippen molar-refractivity contribution < 1.29 is 4.74 Å². The molecule has 2 rings (SSSR count). The van der Waals surface area contributed by atoms with Crippen molar-refractivity contribution in [3.8, 4) is 5.75 Å². The second kappa shape index (κ2) is 4.89. The van der Waals surface area contributed by atoms with Gasteiger partial charge in [0.2, 0.25) is 0 Å². The number of methoxy groups -OCH3 is 1. The molecule has 1 aromatic carbocycles. The highest BCUT2D eigenvalue weighted by atomic mass is 32.4. The Hall–Kier alpha value is -0.480. The normalized spacial score (nSPS) is 31.2. The highest BCUT2D eigenvalue weighted by Crippen LogP contribution is 2.45. The minimum Gasteiger partial charge on any atom is -0.497 e. The van der Waals surface area contributed by atoms with Crippen LogP contribution < -0.4 is 20.2 Å². The molecule has 18 heavy (non-hydrogen) atoms. The second-order valence-corrected chi connectivity index (χ2v) is 8.78. The first-order valence-electron chi connectivity index (χ1n) is 5.80. The van der Waals surface area contributed by atoms with Crippen LogP contribution in [0.15, 0.2) is 24.3 Å². The topological polar surface area (TPSA) is 33.3 Å². The molecule has 2 atom stereocenters. The number of benzene rings is 1. The molecule has 0 radical (unpaired) electrons. The summed E-state index contributed by atoms with van der Waals surface area (Å²) in [6.07, 6.45) is -1.09. The highest BCUT2D eigenvalue weighted by Gasteiger charge is 2.42. The number of hydrogen-bond donors (Lipinski definition) is 2. The van der Waals surface area contributed by atoms with E-state index in [1.165, 1.54) is 0 Å². The Morgan fingerprint density at radius 3 is 2.39 bits per heavy atom. The Labute approximate surface area is 118 Å². The second-order valence-electron chi connectivity index (χ2n) is 4.55. The third-order valence-electron chi connectivity index (χ3n) is 3.31. The highest BCUT2D eigenvalue weighted by molar-refractivity contribution is 8.17. The van der Waals surface area contributed by atoms with Gasteiger partial charge in [-0.1, -0.05) is 30.9 Å². The van der Waals surface area contributed by atoms with E-state index >= 15 is 0 Å². The van der Waals surface area contributed by atoms with Gasteiger partial charge in [-0.25, -0.2) is 0 Å². The molecule has 0 amide bonds. The van der Waals surface area contributed by atoms with Crippen molar-refractivity contribution in [2.75, 3.05) is 7.11 Å². The number of ether oxygens (including phenoxy) is 1. The van der Waals surface area contributed by atoms with E-state index in [0.717, 1.165) is 22.5 Å². The molecule has 0 aromatic heterocycles. The Bertz CT molecular complexity index is 517. The molecule has 0 spiro atoms. The molecule has 1 heterocycles. The molecule has 2 unspecified atom stereocenters. The van der Waals surface area contributed by atoms with E-state index in [0.29, 0.717) is 0 Å². The zero-order valence-electron chi connectivity index (χ0n) is 10.7. The largest absolute Gasteiger partial charge is 0.497 e. The van der Waals surface area contributed by atoms with E-state index in [1.807, 2.05) is 24.3 Å². The van der Waals surface area contributed by atoms with Gasteiger partial charge in [-0.2, -0.15) is 0 Å². The lowest BCUT2D eigenvalue weighted by atomic mass is 10.0. The molecule has 1 saturated heterocycles. The molecule has 0 bridgehead atoms. The number of nitrogens with one attached hydrogen (secondary N) is 2. The first kappa shape index (κ1) is 13.9. The summed E-state index contributed by atoms with van der Waals surface area (Å²) in [6.45, 7) is 4.21. The molecule has 1 aliphatic rings. The zero-order valence-corrected chi connectivity index (χ0v) is 13.2. The summed E-state index contributed by atoms with van der Waals surface area (Å²) in [6, 6.07) is 7.86. The fourth-order valence-electron chi connectivity index (χ4n) is 1.85. The molecule has 0 saturated carbocycles. The van der Waals surface area contributed by atoms with E-state index in [9.17, 15) is 0 Å². The Morgan fingerprint density at radius 1 is 1.33 bits per heavy atom. The lowest BCUT2D eigenvalue weighted by molar-refractivity contribution is 0.415. The third-order valence-corrected chi connectivity index (χ3v) is 7.56. The van der Waals surface area contributed by atoms with E-state index in [4.69, 9.17) is 28.8 Å². The number of hydrogen-bond acceptors (Lipinski definition) is 3. The summed E-state index contributed by atoms with van der Waals surface area (Å²) in [5.41, 5.74) is -0.190. The van der Waals surface area contributed by atoms with Crippen LogP contribution >= 0.6 is 18.6 Å². The molecule has 98 valence electrons. The molecular formula is C12H17N2OPS2. The number of thiocarbonyl (C=S) groups is 1. The lowest BCUT2D eigenvalue weighted by Crippen LogP contribution is -2.41. The Morgan fingerprint density at radius 2 is 1.94 bits per heavy atom. The van der Waals surface area contributed by atoms with Crippen LogP contribution in [0.5, 0.6) is 5.75 Å². The predicted octanol–water partition coefficient (Wildman–Crippen LogP) is 2.32. The summed E-state index contributed by atoms with van der Waals surface area (Å²) < 4.78 is 5.16. The minimum atomic E-state index is -2.01. The van der Waals surface area contributed by atoms with Gasteiger partial charge in [-0.3, -0.25) is 5.09 Å². The van der Waals surface area contributed by atoms with Gasteiger partial charge in [0.1, 0.15) is 17.1 Å². The van der Waals surface area contributed by atoms with Gasteiger partial charge >= 0.3 is 0 Å². The fraction of sp³-hybridized carbons (Fsp3) is 0.417. The van der Waals surface area contributed by atoms with Gasteiger partial charge in [-0.15, -0.1) is 0 Å². The SMILES string of the molecule is CCC1(C)NP(=S)(c2ccc(OC)cc2)NC1=S. The van der Waals surface area contributed by atoms with Crippen LogP contribution in [0.25, 0.3) is 0 Å². The average Bonchev–Trinajstić information content (AvgIpc) is 2.62. The maximum atomic E-state index is 5.77. The van der Waals surface area contributed by atoms with Crippen LogP contribution in [-0.4, -0.2) is 17.6 Å². The maximum Gasteiger partial charge on any atom is 0.126 e. The molecule has 2 N–H and O–H groups in total. The van der Waals surface area contributed by atoms with Crippen LogP contribution in [0.4, 0.5) is 0 Å². The molecule has 6 heteroatoms. The average molecular weight is 300 g/mol. The van der Waals surface area contributed by atoms with Crippen molar-refractivity contribution in [3.05, 3.63) is 24.3 Å².